The molecule has 0 unspecified atom stereocenters. The van der Waals surface area contributed by atoms with Gasteiger partial charge in [0.1, 0.15) is 12.4 Å². The van der Waals surface area contributed by atoms with Gasteiger partial charge in [-0.15, -0.1) is 11.8 Å². The molecule has 118 valence electrons. The number of methoxy groups -OCH3 is 1. The molecular weight excluding hydrogens is 326 g/mol. The van der Waals surface area contributed by atoms with Crippen LogP contribution in [0.3, 0.4) is 0 Å². The van der Waals surface area contributed by atoms with Crippen LogP contribution in [0, 0.1) is 0 Å². The van der Waals surface area contributed by atoms with Crippen LogP contribution in [-0.2, 0) is 28.2 Å². The lowest BCUT2D eigenvalue weighted by molar-refractivity contribution is -0.137. The van der Waals surface area contributed by atoms with E-state index in [1.54, 1.807) is 18.9 Å². The molecule has 0 saturated carbocycles. The summed E-state index contributed by atoms with van der Waals surface area (Å²) >= 11 is 7.40. The maximum Gasteiger partial charge on any atom is 0.325 e. The lowest BCUT2D eigenvalue weighted by atomic mass is 10.4. The summed E-state index contributed by atoms with van der Waals surface area (Å²) in [6.45, 7) is 0.303. The molecule has 0 radical (unpaired) electrons. The molecule has 1 N–H and O–H groups in total. The smallest absolute Gasteiger partial charge is 0.325 e. The van der Waals surface area contributed by atoms with Crippen molar-refractivity contribution in [2.75, 3.05) is 13.7 Å². The van der Waals surface area contributed by atoms with Crippen LogP contribution in [0.5, 0.6) is 0 Å². The highest BCUT2D eigenvalue weighted by molar-refractivity contribution is 7.98. The van der Waals surface area contributed by atoms with Gasteiger partial charge < -0.3 is 9.84 Å². The van der Waals surface area contributed by atoms with E-state index in [0.717, 1.165) is 4.90 Å². The molecule has 0 aliphatic heterocycles. The molecular formula is C14H16ClN3O3S. The van der Waals surface area contributed by atoms with Crippen molar-refractivity contribution >= 4 is 29.3 Å². The number of thioether (sulfide) groups is 1. The van der Waals surface area contributed by atoms with Gasteiger partial charge in [-0.25, -0.2) is 9.67 Å². The van der Waals surface area contributed by atoms with Crippen LogP contribution < -0.4 is 0 Å². The zero-order chi connectivity index (χ0) is 15.9. The van der Waals surface area contributed by atoms with Crippen molar-refractivity contribution < 1.29 is 14.6 Å². The first kappa shape index (κ1) is 16.8. The molecule has 0 bridgehead atoms. The maximum atomic E-state index is 10.9. The summed E-state index contributed by atoms with van der Waals surface area (Å²) in [6, 6.07) is 7.46. The first-order valence-corrected chi connectivity index (χ1v) is 7.96. The van der Waals surface area contributed by atoms with Crippen LogP contribution in [0.2, 0.25) is 5.02 Å². The minimum absolute atomic E-state index is 0.198. The van der Waals surface area contributed by atoms with Gasteiger partial charge >= 0.3 is 5.97 Å². The van der Waals surface area contributed by atoms with Gasteiger partial charge in [-0.3, -0.25) is 4.79 Å². The molecule has 2 rings (SSSR count). The van der Waals surface area contributed by atoms with Crippen molar-refractivity contribution in [1.29, 1.82) is 0 Å². The number of carboxylic acids is 1. The number of aromatic nitrogens is 3. The topological polar surface area (TPSA) is 77.2 Å². The second-order valence-electron chi connectivity index (χ2n) is 4.48. The quantitative estimate of drug-likeness (QED) is 0.743. The second-order valence-corrected chi connectivity index (χ2v) is 5.97. The van der Waals surface area contributed by atoms with Crippen molar-refractivity contribution in [3.05, 3.63) is 40.9 Å². The third-order valence-electron chi connectivity index (χ3n) is 2.79. The average molecular weight is 342 g/mol. The van der Waals surface area contributed by atoms with E-state index in [2.05, 4.69) is 10.1 Å². The van der Waals surface area contributed by atoms with E-state index in [-0.39, 0.29) is 6.54 Å². The fourth-order valence-corrected chi connectivity index (χ4v) is 2.73. The number of halogens is 1. The van der Waals surface area contributed by atoms with Gasteiger partial charge in [-0.2, -0.15) is 5.10 Å². The van der Waals surface area contributed by atoms with Crippen LogP contribution >= 0.6 is 23.4 Å². The summed E-state index contributed by atoms with van der Waals surface area (Å²) in [7, 11) is 1.60. The van der Waals surface area contributed by atoms with E-state index < -0.39 is 5.97 Å². The van der Waals surface area contributed by atoms with E-state index in [1.165, 1.54) is 4.68 Å². The van der Waals surface area contributed by atoms with Gasteiger partial charge in [0.25, 0.3) is 0 Å². The van der Waals surface area contributed by atoms with Crippen LogP contribution in [0.15, 0.2) is 29.2 Å². The standard InChI is InChI=1S/C14H16ClN3O3S/c1-21-7-6-12-16-13(18(17-12)8-14(19)20)9-22-11-4-2-10(15)3-5-11/h2-5H,6-9H2,1H3,(H,19,20). The molecule has 0 fully saturated rings. The van der Waals surface area contributed by atoms with Gasteiger partial charge in [-0.1, -0.05) is 11.6 Å². The Balaban J connectivity index is 2.07. The highest BCUT2D eigenvalue weighted by atomic mass is 35.5. The first-order chi connectivity index (χ1) is 10.6. The monoisotopic (exact) mass is 341 g/mol. The van der Waals surface area contributed by atoms with Crippen molar-refractivity contribution in [2.24, 2.45) is 0 Å². The number of nitrogens with zero attached hydrogens (tertiary/aromatic N) is 3. The van der Waals surface area contributed by atoms with E-state index >= 15 is 0 Å². The fourth-order valence-electron chi connectivity index (χ4n) is 1.77. The molecule has 1 aromatic heterocycles. The zero-order valence-electron chi connectivity index (χ0n) is 12.0. The summed E-state index contributed by atoms with van der Waals surface area (Å²) in [5.41, 5.74) is 0. The van der Waals surface area contributed by atoms with Crippen LogP contribution in [-0.4, -0.2) is 39.6 Å². The molecule has 0 saturated heterocycles. The molecule has 6 nitrogen and oxygen atoms in total. The number of hydrogen-bond donors (Lipinski definition) is 1. The molecule has 1 aromatic carbocycles. The second kappa shape index (κ2) is 8.17. The molecule has 0 spiro atoms. The highest BCUT2D eigenvalue weighted by Crippen LogP contribution is 2.23. The lowest BCUT2D eigenvalue weighted by Crippen LogP contribution is -2.13. The van der Waals surface area contributed by atoms with E-state index in [4.69, 9.17) is 21.4 Å². The summed E-state index contributed by atoms with van der Waals surface area (Å²) in [5, 5.41) is 13.9. The Labute approximate surface area is 137 Å². The maximum absolute atomic E-state index is 10.9. The molecule has 0 atom stereocenters. The number of hydrogen-bond acceptors (Lipinski definition) is 5. The van der Waals surface area contributed by atoms with Crippen LogP contribution in [0.4, 0.5) is 0 Å². The largest absolute Gasteiger partial charge is 0.480 e. The predicted octanol–water partition coefficient (Wildman–Crippen LogP) is 2.50. The molecule has 1 heterocycles. The van der Waals surface area contributed by atoms with Gasteiger partial charge in [0.2, 0.25) is 0 Å². The van der Waals surface area contributed by atoms with Crippen LogP contribution in [0.1, 0.15) is 11.6 Å². The number of benzene rings is 1. The fraction of sp³-hybridized carbons (Fsp3) is 0.357. The van der Waals surface area contributed by atoms with Crippen molar-refractivity contribution in [2.45, 2.75) is 23.6 Å². The number of ether oxygens (including phenoxy) is 1. The first-order valence-electron chi connectivity index (χ1n) is 6.60. The summed E-state index contributed by atoms with van der Waals surface area (Å²) in [4.78, 5) is 16.4. The number of rotatable bonds is 8. The highest BCUT2D eigenvalue weighted by Gasteiger charge is 2.13. The summed E-state index contributed by atoms with van der Waals surface area (Å²) < 4.78 is 6.42. The van der Waals surface area contributed by atoms with Crippen molar-refractivity contribution in [3.8, 4) is 0 Å². The molecule has 22 heavy (non-hydrogen) atoms. The molecule has 0 aliphatic carbocycles. The average Bonchev–Trinajstić information content (AvgIpc) is 2.86. The third kappa shape index (κ3) is 5.01. The van der Waals surface area contributed by atoms with E-state index in [1.807, 2.05) is 24.3 Å². The van der Waals surface area contributed by atoms with Crippen molar-refractivity contribution in [1.82, 2.24) is 14.8 Å². The SMILES string of the molecule is COCCc1nc(CSc2ccc(Cl)cc2)n(CC(=O)O)n1. The van der Waals surface area contributed by atoms with Gasteiger partial charge in [0.05, 0.1) is 12.4 Å². The Bertz CT molecular complexity index is 631. The van der Waals surface area contributed by atoms with Crippen LogP contribution in [0.25, 0.3) is 0 Å². The summed E-state index contributed by atoms with van der Waals surface area (Å²) in [6.07, 6.45) is 0.557. The minimum atomic E-state index is -0.944. The lowest BCUT2D eigenvalue weighted by Gasteiger charge is -2.03. The number of carboxylic acid groups (broad SMARTS) is 1. The van der Waals surface area contributed by atoms with Gasteiger partial charge in [0, 0.05) is 23.4 Å². The number of aliphatic carboxylic acids is 1. The normalized spacial score (nSPS) is 10.8. The molecule has 2 aromatic rings. The Morgan fingerprint density at radius 2 is 2.14 bits per heavy atom. The molecule has 0 aliphatic rings. The van der Waals surface area contributed by atoms with Crippen molar-refractivity contribution in [3.63, 3.8) is 0 Å². The van der Waals surface area contributed by atoms with E-state index in [9.17, 15) is 4.79 Å². The predicted molar refractivity (Wildman–Crippen MR) is 84.3 cm³/mol. The summed E-state index contributed by atoms with van der Waals surface area (Å²) in [5.74, 6) is 0.818. The Morgan fingerprint density at radius 1 is 1.41 bits per heavy atom. The van der Waals surface area contributed by atoms with Gasteiger partial charge in [0.15, 0.2) is 5.82 Å². The Kier molecular flexibility index (Phi) is 6.23. The zero-order valence-corrected chi connectivity index (χ0v) is 13.6. The Hall–Kier alpha value is -1.57. The Morgan fingerprint density at radius 3 is 2.77 bits per heavy atom. The van der Waals surface area contributed by atoms with E-state index in [0.29, 0.717) is 35.5 Å². The third-order valence-corrected chi connectivity index (χ3v) is 4.05. The van der Waals surface area contributed by atoms with Gasteiger partial charge in [-0.05, 0) is 24.3 Å². The number of carbonyl (C=O) groups is 1. The minimum Gasteiger partial charge on any atom is -0.480 e. The molecule has 0 amide bonds. The molecule has 8 heteroatoms.